The van der Waals surface area contributed by atoms with Gasteiger partial charge in [0.1, 0.15) is 0 Å². The number of rotatable bonds is 8. The zero-order valence-corrected chi connectivity index (χ0v) is 11.9. The minimum Gasteiger partial charge on any atom is -0.389 e. The van der Waals surface area contributed by atoms with Gasteiger partial charge < -0.3 is 15.2 Å². The first-order chi connectivity index (χ1) is 9.15. The molecule has 0 saturated heterocycles. The zero-order valence-electron chi connectivity index (χ0n) is 11.9. The van der Waals surface area contributed by atoms with Crippen LogP contribution in [0.2, 0.25) is 0 Å². The molecule has 19 heavy (non-hydrogen) atoms. The molecular formula is C16H25NO2. The lowest BCUT2D eigenvalue weighted by atomic mass is 10.1. The average molecular weight is 263 g/mol. The van der Waals surface area contributed by atoms with Gasteiger partial charge in [0.2, 0.25) is 0 Å². The summed E-state index contributed by atoms with van der Waals surface area (Å²) in [5.41, 5.74) is 2.52. The lowest BCUT2D eigenvalue weighted by molar-refractivity contribution is 0.0315. The van der Waals surface area contributed by atoms with Gasteiger partial charge in [0.25, 0.3) is 0 Å². The topological polar surface area (TPSA) is 41.5 Å². The number of hydrogen-bond donors (Lipinski definition) is 2. The normalized spacial score (nSPS) is 18.3. The summed E-state index contributed by atoms with van der Waals surface area (Å²) < 4.78 is 5.49. The van der Waals surface area contributed by atoms with Gasteiger partial charge >= 0.3 is 0 Å². The molecule has 0 amide bonds. The van der Waals surface area contributed by atoms with Crippen LogP contribution in [0.4, 0.5) is 0 Å². The largest absolute Gasteiger partial charge is 0.389 e. The van der Waals surface area contributed by atoms with Crippen molar-refractivity contribution in [2.24, 2.45) is 5.92 Å². The molecule has 0 aliphatic heterocycles. The van der Waals surface area contributed by atoms with Gasteiger partial charge in [0.15, 0.2) is 0 Å². The molecule has 2 atom stereocenters. The molecule has 1 unspecified atom stereocenters. The lowest BCUT2D eigenvalue weighted by Gasteiger charge is -2.18. The van der Waals surface area contributed by atoms with E-state index < -0.39 is 6.10 Å². The molecule has 0 aromatic heterocycles. The summed E-state index contributed by atoms with van der Waals surface area (Å²) in [5, 5.41) is 13.2. The van der Waals surface area contributed by atoms with Gasteiger partial charge in [-0.1, -0.05) is 29.8 Å². The van der Waals surface area contributed by atoms with Crippen LogP contribution in [0.15, 0.2) is 24.3 Å². The third-order valence-corrected chi connectivity index (χ3v) is 3.56. The average Bonchev–Trinajstić information content (AvgIpc) is 3.20. The second-order valence-electron chi connectivity index (χ2n) is 5.68. The number of nitrogens with one attached hydrogen (secondary N) is 1. The molecule has 3 nitrogen and oxygen atoms in total. The Morgan fingerprint density at radius 2 is 2.21 bits per heavy atom. The Hall–Kier alpha value is -0.900. The molecule has 0 spiro atoms. The summed E-state index contributed by atoms with van der Waals surface area (Å²) in [5.74, 6) is 0.756. The van der Waals surface area contributed by atoms with E-state index in [2.05, 4.69) is 43.4 Å². The van der Waals surface area contributed by atoms with Crippen molar-refractivity contribution in [1.29, 1.82) is 0 Å². The molecule has 2 rings (SSSR count). The number of benzene rings is 1. The Morgan fingerprint density at radius 1 is 1.42 bits per heavy atom. The van der Waals surface area contributed by atoms with Crippen LogP contribution in [0.5, 0.6) is 0 Å². The number of aliphatic hydroxyl groups excluding tert-OH is 1. The first kappa shape index (κ1) is 14.5. The Morgan fingerprint density at radius 3 is 2.89 bits per heavy atom. The monoisotopic (exact) mass is 263 g/mol. The standard InChI is InChI=1S/C16H25NO2/c1-12-4-3-5-15(8-12)13(2)17-9-16(18)11-19-10-14-6-7-14/h3-5,8,13-14,16-18H,6-7,9-11H2,1-2H3/t13-,16?/m1/s1. The van der Waals surface area contributed by atoms with Crippen LogP contribution in [-0.4, -0.2) is 31.0 Å². The minimum absolute atomic E-state index is 0.248. The van der Waals surface area contributed by atoms with Crippen molar-refractivity contribution >= 4 is 0 Å². The molecule has 2 N–H and O–H groups in total. The van der Waals surface area contributed by atoms with Gasteiger partial charge in [-0.05, 0) is 38.2 Å². The fourth-order valence-electron chi connectivity index (χ4n) is 2.08. The van der Waals surface area contributed by atoms with E-state index in [4.69, 9.17) is 4.74 Å². The maximum Gasteiger partial charge on any atom is 0.0897 e. The molecule has 106 valence electrons. The third kappa shape index (κ3) is 5.31. The highest BCUT2D eigenvalue weighted by Crippen LogP contribution is 2.28. The Labute approximate surface area is 116 Å². The Kier molecular flexibility index (Phi) is 5.37. The van der Waals surface area contributed by atoms with Gasteiger partial charge in [-0.2, -0.15) is 0 Å². The van der Waals surface area contributed by atoms with Crippen molar-refractivity contribution < 1.29 is 9.84 Å². The molecule has 1 saturated carbocycles. The van der Waals surface area contributed by atoms with Crippen molar-refractivity contribution in [3.63, 3.8) is 0 Å². The molecule has 0 heterocycles. The first-order valence-corrected chi connectivity index (χ1v) is 7.21. The molecule has 1 aromatic carbocycles. The van der Waals surface area contributed by atoms with E-state index in [1.54, 1.807) is 0 Å². The Bertz CT molecular complexity index is 390. The lowest BCUT2D eigenvalue weighted by Crippen LogP contribution is -2.32. The van der Waals surface area contributed by atoms with Gasteiger partial charge in [0, 0.05) is 19.2 Å². The second kappa shape index (κ2) is 7.04. The molecule has 0 radical (unpaired) electrons. The highest BCUT2D eigenvalue weighted by Gasteiger charge is 2.21. The summed E-state index contributed by atoms with van der Waals surface area (Å²) in [6, 6.07) is 8.70. The predicted molar refractivity (Wildman–Crippen MR) is 77.1 cm³/mol. The molecule has 1 aliphatic rings. The van der Waals surface area contributed by atoms with Gasteiger partial charge in [-0.15, -0.1) is 0 Å². The maximum atomic E-state index is 9.85. The summed E-state index contributed by atoms with van der Waals surface area (Å²) in [6.45, 7) is 6.03. The maximum absolute atomic E-state index is 9.85. The SMILES string of the molecule is Cc1cccc([C@@H](C)NCC(O)COCC2CC2)c1. The van der Waals surface area contributed by atoms with E-state index in [0.29, 0.717) is 13.2 Å². The number of aryl methyl sites for hydroxylation is 1. The first-order valence-electron chi connectivity index (χ1n) is 7.21. The molecule has 1 fully saturated rings. The van der Waals surface area contributed by atoms with Crippen molar-refractivity contribution in [1.82, 2.24) is 5.32 Å². The van der Waals surface area contributed by atoms with E-state index in [1.165, 1.54) is 24.0 Å². The molecule has 3 heteroatoms. The predicted octanol–water partition coefficient (Wildman–Crippen LogP) is 2.43. The fourth-order valence-corrected chi connectivity index (χ4v) is 2.08. The van der Waals surface area contributed by atoms with E-state index in [9.17, 15) is 5.11 Å². The van der Waals surface area contributed by atoms with E-state index in [0.717, 1.165) is 12.5 Å². The molecule has 1 aromatic rings. The number of ether oxygens (including phenoxy) is 1. The Balaban J connectivity index is 1.65. The molecular weight excluding hydrogens is 238 g/mol. The van der Waals surface area contributed by atoms with Crippen LogP contribution in [0.3, 0.4) is 0 Å². The smallest absolute Gasteiger partial charge is 0.0897 e. The van der Waals surface area contributed by atoms with Crippen LogP contribution >= 0.6 is 0 Å². The quantitative estimate of drug-likeness (QED) is 0.757. The third-order valence-electron chi connectivity index (χ3n) is 3.56. The highest BCUT2D eigenvalue weighted by atomic mass is 16.5. The van der Waals surface area contributed by atoms with E-state index in [-0.39, 0.29) is 6.04 Å². The summed E-state index contributed by atoms with van der Waals surface area (Å²) in [4.78, 5) is 0. The number of aliphatic hydroxyl groups is 1. The molecule has 1 aliphatic carbocycles. The van der Waals surface area contributed by atoms with Crippen LogP contribution in [-0.2, 0) is 4.74 Å². The molecule has 0 bridgehead atoms. The van der Waals surface area contributed by atoms with Gasteiger partial charge in [0.05, 0.1) is 12.7 Å². The van der Waals surface area contributed by atoms with Gasteiger partial charge in [-0.25, -0.2) is 0 Å². The van der Waals surface area contributed by atoms with Gasteiger partial charge in [-0.3, -0.25) is 0 Å². The van der Waals surface area contributed by atoms with Crippen molar-refractivity contribution in [2.45, 2.75) is 38.8 Å². The minimum atomic E-state index is -0.425. The van der Waals surface area contributed by atoms with Crippen molar-refractivity contribution in [2.75, 3.05) is 19.8 Å². The van der Waals surface area contributed by atoms with Crippen LogP contribution in [0.1, 0.15) is 36.9 Å². The van der Waals surface area contributed by atoms with Crippen LogP contribution in [0, 0.1) is 12.8 Å². The second-order valence-corrected chi connectivity index (χ2v) is 5.68. The summed E-state index contributed by atoms with van der Waals surface area (Å²) in [7, 11) is 0. The number of hydrogen-bond acceptors (Lipinski definition) is 3. The van der Waals surface area contributed by atoms with Crippen molar-refractivity contribution in [3.8, 4) is 0 Å². The zero-order chi connectivity index (χ0) is 13.7. The summed E-state index contributed by atoms with van der Waals surface area (Å²) in [6.07, 6.45) is 2.16. The highest BCUT2D eigenvalue weighted by molar-refractivity contribution is 5.24. The van der Waals surface area contributed by atoms with E-state index >= 15 is 0 Å². The van der Waals surface area contributed by atoms with Crippen LogP contribution < -0.4 is 5.32 Å². The summed E-state index contributed by atoms with van der Waals surface area (Å²) >= 11 is 0. The van der Waals surface area contributed by atoms with Crippen LogP contribution in [0.25, 0.3) is 0 Å². The van der Waals surface area contributed by atoms with Crippen molar-refractivity contribution in [3.05, 3.63) is 35.4 Å². The fraction of sp³-hybridized carbons (Fsp3) is 0.625. The van der Waals surface area contributed by atoms with E-state index in [1.807, 2.05) is 0 Å².